The monoisotopic (exact) mass is 281 g/mol. The van der Waals surface area contributed by atoms with Gasteiger partial charge in [-0.3, -0.25) is 4.79 Å². The summed E-state index contributed by atoms with van der Waals surface area (Å²) in [6.45, 7) is 7.27. The zero-order valence-corrected chi connectivity index (χ0v) is 12.9. The van der Waals surface area contributed by atoms with Gasteiger partial charge in [-0.25, -0.2) is 0 Å². The Hall–Kier alpha value is -0.610. The van der Waals surface area contributed by atoms with Crippen molar-refractivity contribution in [1.29, 1.82) is 0 Å². The maximum Gasteiger partial charge on any atom is 0.223 e. The zero-order chi connectivity index (χ0) is 14.4. The van der Waals surface area contributed by atoms with Crippen molar-refractivity contribution in [2.75, 3.05) is 32.7 Å². The maximum atomic E-state index is 12.4. The van der Waals surface area contributed by atoms with E-state index in [2.05, 4.69) is 17.1 Å². The highest BCUT2D eigenvalue weighted by Crippen LogP contribution is 2.29. The fraction of sp³-hybridized carbons (Fsp3) is 0.938. The van der Waals surface area contributed by atoms with E-state index in [-0.39, 0.29) is 11.8 Å². The molecule has 1 aliphatic carbocycles. The van der Waals surface area contributed by atoms with Crippen molar-refractivity contribution in [3.05, 3.63) is 0 Å². The van der Waals surface area contributed by atoms with Crippen LogP contribution in [0.4, 0.5) is 0 Å². The van der Waals surface area contributed by atoms with Crippen LogP contribution in [0.1, 0.15) is 45.4 Å². The van der Waals surface area contributed by atoms with Gasteiger partial charge in [-0.15, -0.1) is 0 Å². The average Bonchev–Trinajstić information content (AvgIpc) is 2.53. The summed E-state index contributed by atoms with van der Waals surface area (Å²) in [5, 5.41) is 3.21. The number of hydrogen-bond acceptors (Lipinski definition) is 3. The highest BCUT2D eigenvalue weighted by atomic mass is 16.1. The minimum atomic E-state index is 0.171. The van der Waals surface area contributed by atoms with Crippen LogP contribution in [0.5, 0.6) is 0 Å². The fourth-order valence-electron chi connectivity index (χ4n) is 3.72. The summed E-state index contributed by atoms with van der Waals surface area (Å²) in [5.41, 5.74) is 5.82. The van der Waals surface area contributed by atoms with E-state index >= 15 is 0 Å². The van der Waals surface area contributed by atoms with Crippen LogP contribution in [0, 0.1) is 17.8 Å². The summed E-state index contributed by atoms with van der Waals surface area (Å²) in [6.07, 6.45) is 7.02. The first kappa shape index (κ1) is 15.8. The van der Waals surface area contributed by atoms with Gasteiger partial charge in [0.25, 0.3) is 0 Å². The lowest BCUT2D eigenvalue weighted by Gasteiger charge is -2.33. The summed E-state index contributed by atoms with van der Waals surface area (Å²) in [6, 6.07) is 0. The number of nitrogens with two attached hydrogens (primary N) is 1. The Labute approximate surface area is 123 Å². The van der Waals surface area contributed by atoms with Crippen LogP contribution in [0.25, 0.3) is 0 Å². The third kappa shape index (κ3) is 4.19. The molecule has 1 heterocycles. The van der Waals surface area contributed by atoms with Crippen molar-refractivity contribution < 1.29 is 4.79 Å². The molecular formula is C16H31N3O. The Morgan fingerprint density at radius 1 is 1.20 bits per heavy atom. The summed E-state index contributed by atoms with van der Waals surface area (Å²) < 4.78 is 0. The fourth-order valence-corrected chi connectivity index (χ4v) is 3.72. The van der Waals surface area contributed by atoms with Crippen molar-refractivity contribution in [3.8, 4) is 0 Å². The molecule has 20 heavy (non-hydrogen) atoms. The molecule has 0 aromatic heterocycles. The first-order valence-corrected chi connectivity index (χ1v) is 8.44. The Bertz CT molecular complexity index is 300. The molecule has 1 amide bonds. The molecule has 2 fully saturated rings. The smallest absolute Gasteiger partial charge is 0.223 e. The number of carbonyl (C=O) groups is 1. The lowest BCUT2D eigenvalue weighted by Crippen LogP contribution is -2.43. The van der Waals surface area contributed by atoms with E-state index in [1.54, 1.807) is 0 Å². The summed E-state index contributed by atoms with van der Waals surface area (Å²) in [7, 11) is 0. The molecule has 116 valence electrons. The molecule has 0 aromatic rings. The van der Waals surface area contributed by atoms with Gasteiger partial charge in [0.15, 0.2) is 0 Å². The van der Waals surface area contributed by atoms with E-state index in [0.717, 1.165) is 25.9 Å². The molecule has 4 heteroatoms. The van der Waals surface area contributed by atoms with Gasteiger partial charge in [0.1, 0.15) is 0 Å². The lowest BCUT2D eigenvalue weighted by molar-refractivity contribution is -0.127. The molecule has 0 bridgehead atoms. The zero-order valence-electron chi connectivity index (χ0n) is 12.9. The average molecular weight is 281 g/mol. The molecule has 2 atom stereocenters. The van der Waals surface area contributed by atoms with E-state index in [1.165, 1.54) is 38.8 Å². The van der Waals surface area contributed by atoms with Gasteiger partial charge in [0, 0.05) is 12.5 Å². The quantitative estimate of drug-likeness (QED) is 0.805. The van der Waals surface area contributed by atoms with Crippen molar-refractivity contribution in [3.63, 3.8) is 0 Å². The first-order chi connectivity index (χ1) is 9.74. The SMILES string of the molecule is CCN1CCC(CNC(=O)C2CCCCC2CN)CC1. The van der Waals surface area contributed by atoms with Gasteiger partial charge in [-0.2, -0.15) is 0 Å². The Morgan fingerprint density at radius 3 is 2.55 bits per heavy atom. The van der Waals surface area contributed by atoms with Crippen LogP contribution in [-0.2, 0) is 4.79 Å². The Kier molecular flexibility index (Phi) is 6.30. The van der Waals surface area contributed by atoms with Gasteiger partial charge in [0.05, 0.1) is 0 Å². The van der Waals surface area contributed by atoms with Crippen LogP contribution in [0.3, 0.4) is 0 Å². The predicted octanol–water partition coefficient (Wildman–Crippen LogP) is 1.60. The molecule has 3 N–H and O–H groups in total. The Balaban J connectivity index is 1.72. The van der Waals surface area contributed by atoms with Crippen molar-refractivity contribution in [2.24, 2.45) is 23.5 Å². The maximum absolute atomic E-state index is 12.4. The van der Waals surface area contributed by atoms with Crippen molar-refractivity contribution in [2.45, 2.75) is 45.4 Å². The molecule has 1 saturated heterocycles. The second-order valence-electron chi connectivity index (χ2n) is 6.51. The van der Waals surface area contributed by atoms with Crippen LogP contribution in [-0.4, -0.2) is 43.5 Å². The third-order valence-electron chi connectivity index (χ3n) is 5.27. The second kappa shape index (κ2) is 7.99. The van der Waals surface area contributed by atoms with E-state index in [4.69, 9.17) is 5.73 Å². The summed E-state index contributed by atoms with van der Waals surface area (Å²) >= 11 is 0. The van der Waals surface area contributed by atoms with Gasteiger partial charge in [0.2, 0.25) is 5.91 Å². The highest BCUT2D eigenvalue weighted by molar-refractivity contribution is 5.79. The van der Waals surface area contributed by atoms with Gasteiger partial charge < -0.3 is 16.0 Å². The Morgan fingerprint density at radius 2 is 1.90 bits per heavy atom. The number of likely N-dealkylation sites (tertiary alicyclic amines) is 1. The minimum absolute atomic E-state index is 0.171. The van der Waals surface area contributed by atoms with Crippen molar-refractivity contribution >= 4 is 5.91 Å². The third-order valence-corrected chi connectivity index (χ3v) is 5.27. The predicted molar refractivity (Wildman–Crippen MR) is 82.4 cm³/mol. The number of carbonyl (C=O) groups excluding carboxylic acids is 1. The molecule has 0 radical (unpaired) electrons. The number of nitrogens with zero attached hydrogens (tertiary/aromatic N) is 1. The van der Waals surface area contributed by atoms with Gasteiger partial charge in [-0.05, 0) is 63.7 Å². The van der Waals surface area contributed by atoms with E-state index in [0.29, 0.717) is 18.4 Å². The number of nitrogens with one attached hydrogen (secondary N) is 1. The minimum Gasteiger partial charge on any atom is -0.356 e. The molecule has 1 aliphatic heterocycles. The molecular weight excluding hydrogens is 250 g/mol. The van der Waals surface area contributed by atoms with Crippen LogP contribution in [0.2, 0.25) is 0 Å². The molecule has 2 aliphatic rings. The number of hydrogen-bond donors (Lipinski definition) is 2. The van der Waals surface area contributed by atoms with Gasteiger partial charge >= 0.3 is 0 Å². The second-order valence-corrected chi connectivity index (χ2v) is 6.51. The van der Waals surface area contributed by atoms with E-state index < -0.39 is 0 Å². The standard InChI is InChI=1S/C16H31N3O/c1-2-19-9-7-13(8-10-19)12-18-16(20)15-6-4-3-5-14(15)11-17/h13-15H,2-12,17H2,1H3,(H,18,20). The molecule has 2 unspecified atom stereocenters. The number of amides is 1. The largest absolute Gasteiger partial charge is 0.356 e. The first-order valence-electron chi connectivity index (χ1n) is 8.44. The molecule has 0 spiro atoms. The van der Waals surface area contributed by atoms with Gasteiger partial charge in [-0.1, -0.05) is 19.8 Å². The van der Waals surface area contributed by atoms with Crippen LogP contribution >= 0.6 is 0 Å². The molecule has 1 saturated carbocycles. The van der Waals surface area contributed by atoms with E-state index in [9.17, 15) is 4.79 Å². The summed E-state index contributed by atoms with van der Waals surface area (Å²) in [4.78, 5) is 14.8. The topological polar surface area (TPSA) is 58.4 Å². The van der Waals surface area contributed by atoms with Crippen molar-refractivity contribution in [1.82, 2.24) is 10.2 Å². The molecule has 0 aromatic carbocycles. The summed E-state index contributed by atoms with van der Waals surface area (Å²) in [5.74, 6) is 1.51. The highest BCUT2D eigenvalue weighted by Gasteiger charge is 2.30. The van der Waals surface area contributed by atoms with Crippen LogP contribution < -0.4 is 11.1 Å². The van der Waals surface area contributed by atoms with Crippen LogP contribution in [0.15, 0.2) is 0 Å². The lowest BCUT2D eigenvalue weighted by atomic mass is 9.78. The molecule has 2 rings (SSSR count). The van der Waals surface area contributed by atoms with E-state index in [1.807, 2.05) is 0 Å². The normalized spacial score (nSPS) is 29.3. The number of rotatable bonds is 5. The number of piperidine rings is 1. The molecule has 4 nitrogen and oxygen atoms in total.